The molecule has 1 atom stereocenters. The number of carbonyl (C=O) groups is 3. The summed E-state index contributed by atoms with van der Waals surface area (Å²) < 4.78 is 4.98. The van der Waals surface area contributed by atoms with Crippen LogP contribution < -0.4 is 10.6 Å². The molecule has 1 aliphatic rings. The highest BCUT2D eigenvalue weighted by atomic mass is 32.1. The summed E-state index contributed by atoms with van der Waals surface area (Å²) in [5.74, 6) is -0.822. The number of likely N-dealkylation sites (tertiary alicyclic amines) is 1. The van der Waals surface area contributed by atoms with E-state index < -0.39 is 0 Å². The molecule has 0 aliphatic carbocycles. The first-order valence-electron chi connectivity index (χ1n) is 9.81. The molecule has 2 aromatic rings. The third-order valence-corrected chi connectivity index (χ3v) is 5.55. The zero-order chi connectivity index (χ0) is 21.5. The van der Waals surface area contributed by atoms with Crippen molar-refractivity contribution in [3.8, 4) is 0 Å². The molecule has 0 saturated carbocycles. The van der Waals surface area contributed by atoms with Gasteiger partial charge in [-0.3, -0.25) is 19.7 Å². The highest BCUT2D eigenvalue weighted by molar-refractivity contribution is 7.15. The van der Waals surface area contributed by atoms with Gasteiger partial charge in [-0.2, -0.15) is 0 Å². The van der Waals surface area contributed by atoms with Crippen LogP contribution in [0, 0.1) is 5.92 Å². The van der Waals surface area contributed by atoms with Gasteiger partial charge >= 0.3 is 0 Å². The number of benzene rings is 1. The average molecular weight is 432 g/mol. The van der Waals surface area contributed by atoms with Gasteiger partial charge in [-0.05, 0) is 30.7 Å². The Balaban J connectivity index is 1.53. The zero-order valence-corrected chi connectivity index (χ0v) is 17.8. The first-order chi connectivity index (χ1) is 14.5. The van der Waals surface area contributed by atoms with Crippen molar-refractivity contribution >= 4 is 39.9 Å². The van der Waals surface area contributed by atoms with Crippen LogP contribution >= 0.6 is 11.3 Å². The van der Waals surface area contributed by atoms with E-state index in [0.29, 0.717) is 41.1 Å². The third-order valence-electron chi connectivity index (χ3n) is 4.74. The molecule has 0 radical (unpaired) electrons. The van der Waals surface area contributed by atoms with E-state index in [9.17, 15) is 14.4 Å². The van der Waals surface area contributed by atoms with E-state index in [1.165, 1.54) is 11.3 Å². The fraction of sp³-hybridized carbons (Fsp3) is 0.450. The van der Waals surface area contributed by atoms with Crippen LogP contribution in [0.5, 0.6) is 0 Å². The molecular formula is C20H25N5O4S. The van der Waals surface area contributed by atoms with Gasteiger partial charge in [0.15, 0.2) is 0 Å². The summed E-state index contributed by atoms with van der Waals surface area (Å²) in [6, 6.07) is 6.56. The molecule has 1 aliphatic heterocycles. The highest BCUT2D eigenvalue weighted by Gasteiger charge is 2.33. The normalized spacial score (nSPS) is 16.0. The molecule has 1 unspecified atom stereocenters. The number of rotatable bonds is 9. The highest BCUT2D eigenvalue weighted by Crippen LogP contribution is 2.21. The SMILES string of the molecule is CCCCN1CC(C(=O)Nc2ccc(C(=O)Nc3nnc(COC)s3)cc2)CC1=O. The van der Waals surface area contributed by atoms with Gasteiger partial charge in [-0.15, -0.1) is 10.2 Å². The smallest absolute Gasteiger partial charge is 0.257 e. The quantitative estimate of drug-likeness (QED) is 0.631. The van der Waals surface area contributed by atoms with Crippen LogP contribution in [0.1, 0.15) is 41.6 Å². The van der Waals surface area contributed by atoms with Crippen LogP contribution in [0.4, 0.5) is 10.8 Å². The fourth-order valence-corrected chi connectivity index (χ4v) is 3.82. The van der Waals surface area contributed by atoms with Crippen molar-refractivity contribution in [2.75, 3.05) is 30.8 Å². The Kier molecular flexibility index (Phi) is 7.47. The zero-order valence-electron chi connectivity index (χ0n) is 17.0. The Labute approximate surface area is 178 Å². The first-order valence-corrected chi connectivity index (χ1v) is 10.6. The van der Waals surface area contributed by atoms with Gasteiger partial charge in [-0.25, -0.2) is 0 Å². The Morgan fingerprint density at radius 2 is 2.00 bits per heavy atom. The minimum Gasteiger partial charge on any atom is -0.377 e. The number of hydrogen-bond acceptors (Lipinski definition) is 7. The van der Waals surface area contributed by atoms with Gasteiger partial charge in [0, 0.05) is 37.9 Å². The van der Waals surface area contributed by atoms with Crippen molar-refractivity contribution in [1.82, 2.24) is 15.1 Å². The second-order valence-corrected chi connectivity index (χ2v) is 8.11. The van der Waals surface area contributed by atoms with Crippen LogP contribution in [0.25, 0.3) is 0 Å². The molecule has 0 bridgehead atoms. The van der Waals surface area contributed by atoms with Crippen LogP contribution in [0.15, 0.2) is 24.3 Å². The van der Waals surface area contributed by atoms with E-state index >= 15 is 0 Å². The van der Waals surface area contributed by atoms with Crippen molar-refractivity contribution in [2.45, 2.75) is 32.8 Å². The number of hydrogen-bond donors (Lipinski definition) is 2. The maximum atomic E-state index is 12.5. The van der Waals surface area contributed by atoms with E-state index in [1.807, 2.05) is 0 Å². The molecular weight excluding hydrogens is 406 g/mol. The van der Waals surface area contributed by atoms with E-state index in [1.54, 1.807) is 36.3 Å². The fourth-order valence-electron chi connectivity index (χ4n) is 3.12. The van der Waals surface area contributed by atoms with Crippen LogP contribution in [-0.2, 0) is 20.9 Å². The summed E-state index contributed by atoms with van der Waals surface area (Å²) in [7, 11) is 1.56. The third kappa shape index (κ3) is 5.61. The monoisotopic (exact) mass is 431 g/mol. The summed E-state index contributed by atoms with van der Waals surface area (Å²) >= 11 is 1.24. The average Bonchev–Trinajstić information content (AvgIpc) is 3.33. The molecule has 9 nitrogen and oxygen atoms in total. The van der Waals surface area contributed by atoms with Crippen molar-refractivity contribution in [2.24, 2.45) is 5.92 Å². The Morgan fingerprint density at radius 3 is 2.70 bits per heavy atom. The van der Waals surface area contributed by atoms with E-state index in [0.717, 1.165) is 12.8 Å². The maximum absolute atomic E-state index is 12.5. The van der Waals surface area contributed by atoms with Gasteiger partial charge in [0.2, 0.25) is 16.9 Å². The molecule has 30 heavy (non-hydrogen) atoms. The number of nitrogens with one attached hydrogen (secondary N) is 2. The van der Waals surface area contributed by atoms with E-state index in [2.05, 4.69) is 27.8 Å². The lowest BCUT2D eigenvalue weighted by Crippen LogP contribution is -2.29. The van der Waals surface area contributed by atoms with Gasteiger partial charge < -0.3 is 15.0 Å². The Hall–Kier alpha value is -2.85. The van der Waals surface area contributed by atoms with Crippen molar-refractivity contribution in [1.29, 1.82) is 0 Å². The molecule has 160 valence electrons. The summed E-state index contributed by atoms with van der Waals surface area (Å²) in [6.07, 6.45) is 2.19. The predicted octanol–water partition coefficient (Wildman–Crippen LogP) is 2.52. The number of unbranched alkanes of at least 4 members (excludes halogenated alkanes) is 1. The molecule has 1 fully saturated rings. The first kappa shape index (κ1) is 21.8. The lowest BCUT2D eigenvalue weighted by atomic mass is 10.1. The number of anilines is 2. The Bertz CT molecular complexity index is 899. The summed E-state index contributed by atoms with van der Waals surface area (Å²) in [5, 5.41) is 14.4. The van der Waals surface area contributed by atoms with Gasteiger partial charge in [0.1, 0.15) is 11.6 Å². The molecule has 1 aromatic heterocycles. The number of nitrogens with zero attached hydrogens (tertiary/aromatic N) is 3. The number of amides is 3. The molecule has 2 heterocycles. The second-order valence-electron chi connectivity index (χ2n) is 7.05. The van der Waals surface area contributed by atoms with E-state index in [4.69, 9.17) is 4.74 Å². The van der Waals surface area contributed by atoms with Crippen LogP contribution in [-0.4, -0.2) is 53.0 Å². The minimum absolute atomic E-state index is 0.0287. The lowest BCUT2D eigenvalue weighted by Gasteiger charge is -2.16. The molecule has 1 aromatic carbocycles. The van der Waals surface area contributed by atoms with E-state index in [-0.39, 0.29) is 30.1 Å². The van der Waals surface area contributed by atoms with Crippen molar-refractivity contribution in [3.63, 3.8) is 0 Å². The Morgan fingerprint density at radius 1 is 1.23 bits per heavy atom. The number of methoxy groups -OCH3 is 1. The summed E-state index contributed by atoms with van der Waals surface area (Å²) in [4.78, 5) is 38.6. The van der Waals surface area contributed by atoms with Crippen molar-refractivity contribution < 1.29 is 19.1 Å². The van der Waals surface area contributed by atoms with Gasteiger partial charge in [-0.1, -0.05) is 24.7 Å². The largest absolute Gasteiger partial charge is 0.377 e. The lowest BCUT2D eigenvalue weighted by molar-refractivity contribution is -0.128. The predicted molar refractivity (Wildman–Crippen MR) is 113 cm³/mol. The van der Waals surface area contributed by atoms with Gasteiger partial charge in [0.25, 0.3) is 5.91 Å². The number of aromatic nitrogens is 2. The maximum Gasteiger partial charge on any atom is 0.257 e. The molecule has 1 saturated heterocycles. The molecule has 3 rings (SSSR count). The molecule has 2 N–H and O–H groups in total. The number of ether oxygens (including phenoxy) is 1. The van der Waals surface area contributed by atoms with Crippen LogP contribution in [0.2, 0.25) is 0 Å². The molecule has 0 spiro atoms. The topological polar surface area (TPSA) is 114 Å². The minimum atomic E-state index is -0.351. The molecule has 10 heteroatoms. The summed E-state index contributed by atoms with van der Waals surface area (Å²) in [5.41, 5.74) is 1.01. The van der Waals surface area contributed by atoms with Gasteiger partial charge in [0.05, 0.1) is 5.92 Å². The summed E-state index contributed by atoms with van der Waals surface area (Å²) in [6.45, 7) is 3.56. The molecule has 3 amide bonds. The second kappa shape index (κ2) is 10.3. The van der Waals surface area contributed by atoms with Crippen LogP contribution in [0.3, 0.4) is 0 Å². The van der Waals surface area contributed by atoms with Crippen molar-refractivity contribution in [3.05, 3.63) is 34.8 Å². The standard InChI is InChI=1S/C20H25N5O4S/c1-3-4-9-25-11-14(10-17(25)26)19(28)21-15-7-5-13(6-8-15)18(27)22-20-24-23-16(30-20)12-29-2/h5-8,14H,3-4,9-12H2,1-2H3,(H,21,28)(H,22,24,27). The number of carbonyl (C=O) groups excluding carboxylic acids is 3.